The normalized spacial score (nSPS) is 12.1. The van der Waals surface area contributed by atoms with Crippen LogP contribution < -0.4 is 10.5 Å². The number of alkyl halides is 3. The minimum atomic E-state index is -4.56. The van der Waals surface area contributed by atoms with E-state index in [9.17, 15) is 32.3 Å². The maximum Gasteiger partial charge on any atom is 0.416 e. The molecule has 8 nitrogen and oxygen atoms in total. The molecule has 214 valence electrons. The first-order chi connectivity index (χ1) is 19.3. The van der Waals surface area contributed by atoms with Crippen molar-refractivity contribution in [2.45, 2.75) is 18.8 Å². The molecule has 4 rings (SSSR count). The number of nitrogens with two attached hydrogens (primary N) is 1. The van der Waals surface area contributed by atoms with Gasteiger partial charge in [0.1, 0.15) is 17.1 Å². The summed E-state index contributed by atoms with van der Waals surface area (Å²) >= 11 is 3.15. The van der Waals surface area contributed by atoms with Crippen molar-refractivity contribution < 1.29 is 45.8 Å². The molecule has 0 radical (unpaired) electrons. The van der Waals surface area contributed by atoms with Crippen molar-refractivity contribution in [1.29, 1.82) is 0 Å². The third-order valence-corrected chi connectivity index (χ3v) is 6.35. The molecule has 1 heterocycles. The van der Waals surface area contributed by atoms with Crippen LogP contribution in [0.2, 0.25) is 0 Å². The molecular weight excluding hydrogens is 621 g/mol. The van der Waals surface area contributed by atoms with E-state index in [0.717, 1.165) is 41.3 Å². The Morgan fingerprint density at radius 3 is 2.29 bits per heavy atom. The van der Waals surface area contributed by atoms with E-state index in [0.29, 0.717) is 5.56 Å². The molecule has 3 aromatic carbocycles. The number of rotatable bonds is 9. The molecule has 0 bridgehead atoms. The van der Waals surface area contributed by atoms with Crippen LogP contribution in [0, 0.1) is 11.6 Å². The molecule has 1 aromatic heterocycles. The predicted octanol–water partition coefficient (Wildman–Crippen LogP) is 6.80. The Morgan fingerprint density at radius 1 is 1.05 bits per heavy atom. The van der Waals surface area contributed by atoms with E-state index < -0.39 is 59.3 Å². The van der Waals surface area contributed by atoms with Gasteiger partial charge in [0.2, 0.25) is 5.89 Å². The molecule has 0 spiro atoms. The predicted molar refractivity (Wildman–Crippen MR) is 138 cm³/mol. The fourth-order valence-corrected chi connectivity index (χ4v) is 4.32. The highest BCUT2D eigenvalue weighted by Crippen LogP contribution is 2.36. The molecule has 0 aliphatic rings. The summed E-state index contributed by atoms with van der Waals surface area (Å²) in [4.78, 5) is 28.9. The largest absolute Gasteiger partial charge is 0.476 e. The highest BCUT2D eigenvalue weighted by atomic mass is 79.9. The zero-order chi connectivity index (χ0) is 29.9. The number of oxazole rings is 1. The Labute approximate surface area is 237 Å². The Bertz CT molecular complexity index is 1560. The topological polar surface area (TPSA) is 119 Å². The van der Waals surface area contributed by atoms with Gasteiger partial charge in [-0.2, -0.15) is 13.2 Å². The lowest BCUT2D eigenvalue weighted by molar-refractivity contribution is -0.137. The highest BCUT2D eigenvalue weighted by molar-refractivity contribution is 9.10. The van der Waals surface area contributed by atoms with Gasteiger partial charge in [-0.1, -0.05) is 42.5 Å². The first kappa shape index (κ1) is 29.5. The van der Waals surface area contributed by atoms with Crippen LogP contribution in [-0.2, 0) is 12.7 Å². The van der Waals surface area contributed by atoms with Crippen molar-refractivity contribution >= 4 is 27.9 Å². The second-order valence-electron chi connectivity index (χ2n) is 8.60. The van der Waals surface area contributed by atoms with Gasteiger partial charge in [0.05, 0.1) is 12.1 Å². The minimum absolute atomic E-state index is 0.0387. The number of benzene rings is 3. The van der Waals surface area contributed by atoms with Crippen LogP contribution in [0.15, 0.2) is 75.8 Å². The molecule has 3 N–H and O–H groups in total. The molecule has 2 amide bonds. The van der Waals surface area contributed by atoms with Gasteiger partial charge < -0.3 is 20.0 Å². The van der Waals surface area contributed by atoms with Crippen LogP contribution in [0.1, 0.15) is 33.5 Å². The van der Waals surface area contributed by atoms with Crippen LogP contribution >= 0.6 is 15.9 Å². The molecule has 0 saturated heterocycles. The van der Waals surface area contributed by atoms with Gasteiger partial charge in [-0.05, 0) is 45.8 Å². The zero-order valence-electron chi connectivity index (χ0n) is 20.7. The fraction of sp³-hybridized carbons (Fsp3) is 0.148. The Balaban J connectivity index is 1.74. The van der Waals surface area contributed by atoms with Crippen molar-refractivity contribution in [3.63, 3.8) is 0 Å². The number of nitrogens with zero attached hydrogens (tertiary/aromatic N) is 2. The lowest BCUT2D eigenvalue weighted by atomic mass is 10.1. The molecular formula is C27H19BrF5N3O5. The van der Waals surface area contributed by atoms with Crippen molar-refractivity contribution in [2.24, 2.45) is 5.73 Å². The molecule has 41 heavy (non-hydrogen) atoms. The van der Waals surface area contributed by atoms with Gasteiger partial charge in [0.25, 0.3) is 5.91 Å². The van der Waals surface area contributed by atoms with Crippen LogP contribution in [-0.4, -0.2) is 33.5 Å². The van der Waals surface area contributed by atoms with E-state index in [1.807, 2.05) is 0 Å². The van der Waals surface area contributed by atoms with Crippen molar-refractivity contribution in [1.82, 2.24) is 9.88 Å². The van der Waals surface area contributed by atoms with Crippen molar-refractivity contribution in [3.05, 3.63) is 106 Å². The summed E-state index contributed by atoms with van der Waals surface area (Å²) in [6, 6.07) is 14.1. The summed E-state index contributed by atoms with van der Waals surface area (Å²) in [5.41, 5.74) is 3.99. The molecule has 0 fully saturated rings. The van der Waals surface area contributed by atoms with Crippen LogP contribution in [0.5, 0.6) is 5.75 Å². The van der Waals surface area contributed by atoms with E-state index in [1.54, 1.807) is 30.3 Å². The molecule has 0 aliphatic carbocycles. The van der Waals surface area contributed by atoms with Crippen LogP contribution in [0.3, 0.4) is 0 Å². The zero-order valence-corrected chi connectivity index (χ0v) is 22.2. The summed E-state index contributed by atoms with van der Waals surface area (Å²) in [6.45, 7) is -0.617. The van der Waals surface area contributed by atoms with E-state index in [2.05, 4.69) is 20.9 Å². The summed E-state index contributed by atoms with van der Waals surface area (Å²) in [5, 5.41) is 9.87. The summed E-state index contributed by atoms with van der Waals surface area (Å²) in [7, 11) is 0. The average molecular weight is 640 g/mol. The van der Waals surface area contributed by atoms with E-state index in [-0.39, 0.29) is 28.4 Å². The molecule has 1 atom stereocenters. The van der Waals surface area contributed by atoms with E-state index in [4.69, 9.17) is 14.9 Å². The van der Waals surface area contributed by atoms with Crippen molar-refractivity contribution in [2.75, 3.05) is 6.54 Å². The number of carboxylic acid groups (broad SMARTS) is 1. The maximum atomic E-state index is 15.0. The van der Waals surface area contributed by atoms with Crippen LogP contribution in [0.25, 0.3) is 11.3 Å². The first-order valence-electron chi connectivity index (χ1n) is 11.6. The third kappa shape index (κ3) is 6.82. The minimum Gasteiger partial charge on any atom is -0.476 e. The molecule has 14 heteroatoms. The quantitative estimate of drug-likeness (QED) is 0.194. The Morgan fingerprint density at radius 2 is 1.71 bits per heavy atom. The van der Waals surface area contributed by atoms with Gasteiger partial charge in [-0.25, -0.2) is 18.6 Å². The Kier molecular flexibility index (Phi) is 8.61. The lowest BCUT2D eigenvalue weighted by Gasteiger charge is -2.25. The number of ether oxygens (including phenoxy) is 1. The number of amides is 2. The highest BCUT2D eigenvalue weighted by Gasteiger charge is 2.32. The van der Waals surface area contributed by atoms with E-state index >= 15 is 4.39 Å². The summed E-state index contributed by atoms with van der Waals surface area (Å²) in [6.07, 6.45) is -7.42. The van der Waals surface area contributed by atoms with Gasteiger partial charge in [0.15, 0.2) is 22.3 Å². The van der Waals surface area contributed by atoms with Gasteiger partial charge >= 0.3 is 12.3 Å². The maximum absolute atomic E-state index is 15.0. The van der Waals surface area contributed by atoms with E-state index in [1.165, 1.54) is 0 Å². The molecule has 0 saturated carbocycles. The standard InChI is InChI=1S/C27H19BrF5N3O5/c28-23-22(15-6-8-16(9-7-15)27(31,32)33)35-25(41-23)19(13-36(26(38)39)12-14-4-2-1-3-5-14)40-18-11-10-17(29)20(21(18)30)24(34)37/h1-11,19H,12-13H2,(H2,34,37)(H,38,39). The number of carbonyl (C=O) groups excluding carboxylic acids is 1. The van der Waals surface area contributed by atoms with Gasteiger partial charge in [0, 0.05) is 12.1 Å². The second kappa shape index (κ2) is 12.0. The number of carbonyl (C=O) groups is 2. The first-order valence-corrected chi connectivity index (χ1v) is 12.4. The van der Waals surface area contributed by atoms with Gasteiger partial charge in [-0.15, -0.1) is 0 Å². The Hall–Kier alpha value is -4.46. The molecule has 4 aromatic rings. The second-order valence-corrected chi connectivity index (χ2v) is 9.32. The van der Waals surface area contributed by atoms with Gasteiger partial charge in [-0.3, -0.25) is 9.69 Å². The fourth-order valence-electron chi connectivity index (χ4n) is 3.83. The summed E-state index contributed by atoms with van der Waals surface area (Å²) in [5.74, 6) is -5.02. The number of halogens is 6. The number of aromatic nitrogens is 1. The monoisotopic (exact) mass is 639 g/mol. The number of hydrogen-bond acceptors (Lipinski definition) is 5. The lowest BCUT2D eigenvalue weighted by Crippen LogP contribution is -2.35. The van der Waals surface area contributed by atoms with Crippen LogP contribution in [0.4, 0.5) is 26.7 Å². The number of hydrogen-bond donors (Lipinski definition) is 2. The third-order valence-electron chi connectivity index (χ3n) is 5.81. The van der Waals surface area contributed by atoms with Crippen molar-refractivity contribution in [3.8, 4) is 17.0 Å². The number of primary amides is 1. The molecule has 0 aliphatic heterocycles. The average Bonchev–Trinajstić information content (AvgIpc) is 3.30. The molecule has 1 unspecified atom stereocenters. The SMILES string of the molecule is NC(=O)c1c(F)ccc(OC(CN(Cc2ccccc2)C(=O)O)c2nc(-c3ccc(C(F)(F)F)cc3)c(Br)o2)c1F. The summed E-state index contributed by atoms with van der Waals surface area (Å²) < 4.78 is 79.4. The smallest absolute Gasteiger partial charge is 0.416 e.